The van der Waals surface area contributed by atoms with Crippen molar-refractivity contribution in [2.75, 3.05) is 0 Å². The zero-order valence-electron chi connectivity index (χ0n) is 8.73. The molecule has 0 saturated heterocycles. The lowest BCUT2D eigenvalue weighted by Crippen LogP contribution is -2.24. The Hall–Kier alpha value is -0.830. The Morgan fingerprint density at radius 2 is 2.29 bits per heavy atom. The third-order valence-corrected chi connectivity index (χ3v) is 2.98. The van der Waals surface area contributed by atoms with Gasteiger partial charge in [0.2, 0.25) is 0 Å². The first-order valence-corrected chi connectivity index (χ1v) is 5.14. The number of carboxylic acids is 1. The predicted molar refractivity (Wildman–Crippen MR) is 53.9 cm³/mol. The van der Waals surface area contributed by atoms with Crippen LogP contribution in [0.5, 0.6) is 0 Å². The van der Waals surface area contributed by atoms with Gasteiger partial charge >= 0.3 is 5.97 Å². The van der Waals surface area contributed by atoms with E-state index in [4.69, 9.17) is 5.11 Å². The number of hydrogen-bond donors (Lipinski definition) is 2. The summed E-state index contributed by atoms with van der Waals surface area (Å²) in [5.41, 5.74) is 1.10. The molecule has 3 nitrogen and oxygen atoms in total. The lowest BCUT2D eigenvalue weighted by Gasteiger charge is -2.27. The Morgan fingerprint density at radius 3 is 2.86 bits per heavy atom. The van der Waals surface area contributed by atoms with Crippen molar-refractivity contribution in [3.05, 3.63) is 11.6 Å². The van der Waals surface area contributed by atoms with E-state index in [-0.39, 0.29) is 12.0 Å². The maximum atomic E-state index is 10.7. The van der Waals surface area contributed by atoms with E-state index in [9.17, 15) is 9.90 Å². The highest BCUT2D eigenvalue weighted by Gasteiger charge is 2.24. The smallest absolute Gasteiger partial charge is 0.310 e. The van der Waals surface area contributed by atoms with Gasteiger partial charge < -0.3 is 10.2 Å². The van der Waals surface area contributed by atoms with Crippen LogP contribution >= 0.6 is 0 Å². The summed E-state index contributed by atoms with van der Waals surface area (Å²) in [5, 5.41) is 18.4. The van der Waals surface area contributed by atoms with E-state index in [1.807, 2.05) is 6.92 Å². The number of rotatable bonds is 2. The topological polar surface area (TPSA) is 57.5 Å². The molecule has 0 aromatic carbocycles. The molecule has 3 heteroatoms. The third-order valence-electron chi connectivity index (χ3n) is 2.98. The lowest BCUT2D eigenvalue weighted by molar-refractivity contribution is -0.139. The molecule has 14 heavy (non-hydrogen) atoms. The maximum absolute atomic E-state index is 10.7. The molecule has 80 valence electrons. The summed E-state index contributed by atoms with van der Waals surface area (Å²) < 4.78 is 0. The fraction of sp³-hybridized carbons (Fsp3) is 0.727. The molecule has 0 spiro atoms. The molecule has 0 aromatic heterocycles. The first-order chi connectivity index (χ1) is 6.52. The van der Waals surface area contributed by atoms with E-state index in [1.165, 1.54) is 0 Å². The molecule has 0 amide bonds. The number of aliphatic hydroxyl groups excluding tert-OH is 1. The molecule has 0 radical (unpaired) electrons. The van der Waals surface area contributed by atoms with Gasteiger partial charge in [0.1, 0.15) is 0 Å². The monoisotopic (exact) mass is 198 g/mol. The Labute approximate surface area is 84.4 Å². The van der Waals surface area contributed by atoms with Crippen molar-refractivity contribution in [3.63, 3.8) is 0 Å². The first kappa shape index (κ1) is 11.2. The van der Waals surface area contributed by atoms with Gasteiger partial charge in [-0.15, -0.1) is 0 Å². The van der Waals surface area contributed by atoms with Gasteiger partial charge in [0.25, 0.3) is 0 Å². The molecule has 1 aliphatic carbocycles. The van der Waals surface area contributed by atoms with Gasteiger partial charge in [-0.05, 0) is 26.2 Å². The van der Waals surface area contributed by atoms with Gasteiger partial charge in [-0.2, -0.15) is 0 Å². The zero-order valence-corrected chi connectivity index (χ0v) is 8.73. The molecule has 0 heterocycles. The van der Waals surface area contributed by atoms with E-state index in [0.29, 0.717) is 0 Å². The molecular weight excluding hydrogens is 180 g/mol. The van der Waals surface area contributed by atoms with Gasteiger partial charge in [-0.25, -0.2) is 0 Å². The second-order valence-corrected chi connectivity index (χ2v) is 4.12. The number of aliphatic carboxylic acids is 1. The first-order valence-electron chi connectivity index (χ1n) is 5.14. The number of hydrogen-bond acceptors (Lipinski definition) is 2. The summed E-state index contributed by atoms with van der Waals surface area (Å²) in [6, 6.07) is 0. The average molecular weight is 198 g/mol. The molecule has 2 N–H and O–H groups in total. The summed E-state index contributed by atoms with van der Waals surface area (Å²) in [7, 11) is 0. The summed E-state index contributed by atoms with van der Waals surface area (Å²) in [6.07, 6.45) is 4.21. The molecule has 3 unspecified atom stereocenters. The van der Waals surface area contributed by atoms with E-state index in [1.54, 1.807) is 13.0 Å². The lowest BCUT2D eigenvalue weighted by atomic mass is 9.82. The summed E-state index contributed by atoms with van der Waals surface area (Å²) in [5.74, 6) is -1.13. The zero-order chi connectivity index (χ0) is 10.7. The van der Waals surface area contributed by atoms with Crippen molar-refractivity contribution in [1.29, 1.82) is 0 Å². The predicted octanol–water partition coefficient (Wildman–Crippen LogP) is 1.81. The number of carbonyl (C=O) groups is 1. The largest absolute Gasteiger partial charge is 0.481 e. The van der Waals surface area contributed by atoms with Crippen LogP contribution in [0.15, 0.2) is 11.6 Å². The van der Waals surface area contributed by atoms with Gasteiger partial charge in [-0.3, -0.25) is 4.79 Å². The minimum atomic E-state index is -0.801. The fourth-order valence-electron chi connectivity index (χ4n) is 1.87. The molecule has 3 atom stereocenters. The molecule has 0 aromatic rings. The third kappa shape index (κ3) is 2.58. The van der Waals surface area contributed by atoms with Crippen LogP contribution in [-0.4, -0.2) is 22.3 Å². The van der Waals surface area contributed by atoms with Crippen LogP contribution in [0.3, 0.4) is 0 Å². The Balaban J connectivity index is 2.70. The fourth-order valence-corrected chi connectivity index (χ4v) is 1.87. The van der Waals surface area contributed by atoms with Gasteiger partial charge in [0, 0.05) is 5.92 Å². The Bertz CT molecular complexity index is 245. The number of aliphatic hydroxyl groups is 1. The summed E-state index contributed by atoms with van der Waals surface area (Å²) >= 11 is 0. The summed E-state index contributed by atoms with van der Waals surface area (Å²) in [6.45, 7) is 3.63. The minimum Gasteiger partial charge on any atom is -0.481 e. The van der Waals surface area contributed by atoms with E-state index < -0.39 is 11.9 Å². The van der Waals surface area contributed by atoms with Crippen LogP contribution in [0.1, 0.15) is 33.1 Å². The molecule has 0 bridgehead atoms. The van der Waals surface area contributed by atoms with Crippen molar-refractivity contribution in [2.24, 2.45) is 11.8 Å². The highest BCUT2D eigenvalue weighted by molar-refractivity contribution is 5.71. The normalized spacial score (nSPS) is 32.9. The van der Waals surface area contributed by atoms with Crippen molar-refractivity contribution in [2.45, 2.75) is 39.2 Å². The molecule has 1 saturated carbocycles. The second-order valence-electron chi connectivity index (χ2n) is 4.12. The highest BCUT2D eigenvalue weighted by atomic mass is 16.4. The molecule has 1 fully saturated rings. The van der Waals surface area contributed by atoms with Crippen LogP contribution < -0.4 is 0 Å². The standard InChI is InChI=1S/C11H18O3/c1-7(11(13)14)6-9-4-3-5-10(12)8(9)2/h6-8,10,12H,3-5H2,1-2H3,(H,13,14). The van der Waals surface area contributed by atoms with E-state index in [2.05, 4.69) is 0 Å². The van der Waals surface area contributed by atoms with Gasteiger partial charge in [0.15, 0.2) is 0 Å². The van der Waals surface area contributed by atoms with Gasteiger partial charge in [0.05, 0.1) is 12.0 Å². The minimum absolute atomic E-state index is 0.116. The second kappa shape index (κ2) is 4.60. The quantitative estimate of drug-likeness (QED) is 0.665. The molecular formula is C11H18O3. The summed E-state index contributed by atoms with van der Waals surface area (Å²) in [4.78, 5) is 10.7. The Kier molecular flexibility index (Phi) is 3.69. The van der Waals surface area contributed by atoms with Crippen molar-refractivity contribution in [3.8, 4) is 0 Å². The van der Waals surface area contributed by atoms with Crippen LogP contribution in [0.2, 0.25) is 0 Å². The average Bonchev–Trinajstić information content (AvgIpc) is 2.12. The SMILES string of the molecule is CC(C=C1CCCC(O)C1C)C(=O)O. The van der Waals surface area contributed by atoms with Crippen molar-refractivity contribution >= 4 is 5.97 Å². The van der Waals surface area contributed by atoms with Crippen LogP contribution in [-0.2, 0) is 4.79 Å². The van der Waals surface area contributed by atoms with Crippen LogP contribution in [0.4, 0.5) is 0 Å². The van der Waals surface area contributed by atoms with E-state index in [0.717, 1.165) is 24.8 Å². The van der Waals surface area contributed by atoms with Gasteiger partial charge in [-0.1, -0.05) is 18.6 Å². The number of carboxylic acid groups (broad SMARTS) is 1. The van der Waals surface area contributed by atoms with Crippen molar-refractivity contribution in [1.82, 2.24) is 0 Å². The van der Waals surface area contributed by atoms with E-state index >= 15 is 0 Å². The van der Waals surface area contributed by atoms with Crippen LogP contribution in [0, 0.1) is 11.8 Å². The molecule has 1 aliphatic rings. The van der Waals surface area contributed by atoms with Crippen molar-refractivity contribution < 1.29 is 15.0 Å². The molecule has 0 aliphatic heterocycles. The highest BCUT2D eigenvalue weighted by Crippen LogP contribution is 2.30. The molecule has 1 rings (SSSR count). The Morgan fingerprint density at radius 1 is 1.64 bits per heavy atom. The maximum Gasteiger partial charge on any atom is 0.310 e. The van der Waals surface area contributed by atoms with Crippen LogP contribution in [0.25, 0.3) is 0 Å².